The van der Waals surface area contributed by atoms with Gasteiger partial charge >= 0.3 is 0 Å². The molecule has 0 radical (unpaired) electrons. The second-order valence-corrected chi connectivity index (χ2v) is 5.12. The molecule has 0 spiro atoms. The largest absolute Gasteiger partial charge is 0.371 e. The van der Waals surface area contributed by atoms with E-state index in [1.165, 1.54) is 0 Å². The molecule has 102 valence electrons. The fourth-order valence-corrected chi connectivity index (χ4v) is 2.58. The number of aromatic nitrogens is 1. The number of benzene rings is 1. The van der Waals surface area contributed by atoms with Crippen molar-refractivity contribution in [1.82, 2.24) is 4.98 Å². The summed E-state index contributed by atoms with van der Waals surface area (Å²) in [4.78, 5) is 20.5. The predicted molar refractivity (Wildman–Crippen MR) is 80.6 cm³/mol. The van der Waals surface area contributed by atoms with E-state index in [2.05, 4.69) is 9.88 Å². The lowest BCUT2D eigenvalue weighted by atomic mass is 10.1. The zero-order valence-corrected chi connectivity index (χ0v) is 11.8. The number of rotatable bonds is 1. The van der Waals surface area contributed by atoms with Crippen LogP contribution in [0.1, 0.15) is 10.4 Å². The summed E-state index contributed by atoms with van der Waals surface area (Å²) >= 11 is 5.86. The second-order valence-electron chi connectivity index (χ2n) is 4.73. The fourth-order valence-electron chi connectivity index (χ4n) is 2.41. The van der Waals surface area contributed by atoms with Gasteiger partial charge in [-0.1, -0.05) is 23.7 Å². The summed E-state index contributed by atoms with van der Waals surface area (Å²) in [6.45, 7) is 1.47. The summed E-state index contributed by atoms with van der Waals surface area (Å²) in [5, 5.41) is 0.332. The Balaban J connectivity index is 1.99. The summed E-state index contributed by atoms with van der Waals surface area (Å²) in [6.07, 6.45) is 1.55. The summed E-state index contributed by atoms with van der Waals surface area (Å²) in [5.41, 5.74) is 2.55. The van der Waals surface area contributed by atoms with Crippen molar-refractivity contribution in [1.29, 1.82) is 0 Å². The number of carbonyl (C=O) groups is 1. The minimum absolute atomic E-state index is 0.0464. The Kier molecular flexibility index (Phi) is 3.32. The Bertz CT molecular complexity index is 659. The molecule has 0 aliphatic carbocycles. The third kappa shape index (κ3) is 2.23. The quantitative estimate of drug-likeness (QED) is 0.757. The number of hydrogen-bond acceptors (Lipinski definition) is 3. The first kappa shape index (κ1) is 12.9. The van der Waals surface area contributed by atoms with Gasteiger partial charge < -0.3 is 9.80 Å². The molecular weight excluding hydrogens is 274 g/mol. The summed E-state index contributed by atoms with van der Waals surface area (Å²) in [6, 6.07) is 11.2. The molecule has 1 aliphatic rings. The number of pyridine rings is 1. The minimum atomic E-state index is -0.0464. The van der Waals surface area contributed by atoms with Crippen LogP contribution in [0.15, 0.2) is 42.6 Å². The Morgan fingerprint density at radius 2 is 1.95 bits per heavy atom. The van der Waals surface area contributed by atoms with E-state index in [0.29, 0.717) is 17.3 Å². The SMILES string of the molecule is CN1CCN(C(=O)c2ccnc(Cl)c2)c2ccccc21. The van der Waals surface area contributed by atoms with Gasteiger partial charge in [-0.05, 0) is 24.3 Å². The number of carbonyl (C=O) groups excluding carboxylic acids is 1. The van der Waals surface area contributed by atoms with Crippen molar-refractivity contribution in [3.8, 4) is 0 Å². The maximum atomic E-state index is 12.6. The highest BCUT2D eigenvalue weighted by molar-refractivity contribution is 6.29. The molecule has 3 rings (SSSR count). The number of likely N-dealkylation sites (N-methyl/N-ethyl adjacent to an activating group) is 1. The van der Waals surface area contributed by atoms with E-state index in [9.17, 15) is 4.79 Å². The molecule has 0 atom stereocenters. The van der Waals surface area contributed by atoms with Gasteiger partial charge in [0.1, 0.15) is 5.15 Å². The molecular formula is C15H14ClN3O. The molecule has 0 saturated heterocycles. The highest BCUT2D eigenvalue weighted by Crippen LogP contribution is 2.32. The first-order valence-electron chi connectivity index (χ1n) is 6.40. The van der Waals surface area contributed by atoms with Crippen LogP contribution >= 0.6 is 11.6 Å². The molecule has 1 aliphatic heterocycles. The topological polar surface area (TPSA) is 36.4 Å². The van der Waals surface area contributed by atoms with Crippen LogP contribution in [-0.4, -0.2) is 31.0 Å². The van der Waals surface area contributed by atoms with E-state index in [4.69, 9.17) is 11.6 Å². The monoisotopic (exact) mass is 287 g/mol. The number of amides is 1. The molecule has 20 heavy (non-hydrogen) atoms. The third-order valence-electron chi connectivity index (χ3n) is 3.46. The lowest BCUT2D eigenvalue weighted by Gasteiger charge is -2.35. The third-order valence-corrected chi connectivity index (χ3v) is 3.67. The summed E-state index contributed by atoms with van der Waals surface area (Å²) in [5.74, 6) is -0.0464. The van der Waals surface area contributed by atoms with E-state index in [-0.39, 0.29) is 5.91 Å². The van der Waals surface area contributed by atoms with Gasteiger partial charge in [0.2, 0.25) is 0 Å². The number of fused-ring (bicyclic) bond motifs is 1. The van der Waals surface area contributed by atoms with Crippen molar-refractivity contribution >= 4 is 28.9 Å². The van der Waals surface area contributed by atoms with Gasteiger partial charge in [-0.25, -0.2) is 4.98 Å². The molecule has 2 heterocycles. The summed E-state index contributed by atoms with van der Waals surface area (Å²) in [7, 11) is 2.03. The first-order chi connectivity index (χ1) is 9.66. The maximum absolute atomic E-state index is 12.6. The molecule has 1 amide bonds. The van der Waals surface area contributed by atoms with Crippen molar-refractivity contribution in [2.75, 3.05) is 29.9 Å². The van der Waals surface area contributed by atoms with Gasteiger partial charge in [-0.3, -0.25) is 4.79 Å². The smallest absolute Gasteiger partial charge is 0.258 e. The molecule has 0 bridgehead atoms. The van der Waals surface area contributed by atoms with Gasteiger partial charge in [0.25, 0.3) is 5.91 Å². The maximum Gasteiger partial charge on any atom is 0.258 e. The first-order valence-corrected chi connectivity index (χ1v) is 6.78. The van der Waals surface area contributed by atoms with Gasteiger partial charge in [-0.2, -0.15) is 0 Å². The summed E-state index contributed by atoms with van der Waals surface area (Å²) < 4.78 is 0. The van der Waals surface area contributed by atoms with Crippen molar-refractivity contribution < 1.29 is 4.79 Å². The van der Waals surface area contributed by atoms with Gasteiger partial charge in [-0.15, -0.1) is 0 Å². The molecule has 0 fully saturated rings. The molecule has 4 nitrogen and oxygen atoms in total. The van der Waals surface area contributed by atoms with Crippen molar-refractivity contribution in [3.63, 3.8) is 0 Å². The Labute approximate surface area is 122 Å². The molecule has 1 aromatic heterocycles. The Morgan fingerprint density at radius 1 is 1.20 bits per heavy atom. The molecule has 0 unspecified atom stereocenters. The lowest BCUT2D eigenvalue weighted by molar-refractivity contribution is 0.0986. The average Bonchev–Trinajstić information content (AvgIpc) is 2.47. The van der Waals surface area contributed by atoms with Crippen LogP contribution in [0.5, 0.6) is 0 Å². The Hall–Kier alpha value is -2.07. The zero-order valence-electron chi connectivity index (χ0n) is 11.1. The van der Waals surface area contributed by atoms with Gasteiger partial charge in [0.15, 0.2) is 0 Å². The van der Waals surface area contributed by atoms with Crippen LogP contribution in [0.2, 0.25) is 5.15 Å². The van der Waals surface area contributed by atoms with Crippen LogP contribution in [0, 0.1) is 0 Å². The molecule has 0 N–H and O–H groups in total. The highest BCUT2D eigenvalue weighted by atomic mass is 35.5. The number of hydrogen-bond donors (Lipinski definition) is 0. The van der Waals surface area contributed by atoms with E-state index in [1.807, 2.05) is 31.3 Å². The van der Waals surface area contributed by atoms with Crippen LogP contribution in [0.3, 0.4) is 0 Å². The van der Waals surface area contributed by atoms with Crippen molar-refractivity contribution in [2.24, 2.45) is 0 Å². The van der Waals surface area contributed by atoms with E-state index >= 15 is 0 Å². The number of nitrogens with zero attached hydrogens (tertiary/aromatic N) is 3. The number of para-hydroxylation sites is 2. The molecule has 1 aromatic carbocycles. The molecule has 5 heteroatoms. The minimum Gasteiger partial charge on any atom is -0.371 e. The van der Waals surface area contributed by atoms with Crippen LogP contribution in [-0.2, 0) is 0 Å². The molecule has 0 saturated carbocycles. The van der Waals surface area contributed by atoms with Crippen molar-refractivity contribution in [3.05, 3.63) is 53.3 Å². The van der Waals surface area contributed by atoms with Gasteiger partial charge in [0, 0.05) is 31.9 Å². The average molecular weight is 288 g/mol. The number of halogens is 1. The zero-order chi connectivity index (χ0) is 14.1. The fraction of sp³-hybridized carbons (Fsp3) is 0.200. The Morgan fingerprint density at radius 3 is 2.70 bits per heavy atom. The normalized spacial score (nSPS) is 14.1. The van der Waals surface area contributed by atoms with E-state index in [0.717, 1.165) is 17.9 Å². The van der Waals surface area contributed by atoms with Crippen molar-refractivity contribution in [2.45, 2.75) is 0 Å². The second kappa shape index (κ2) is 5.13. The highest BCUT2D eigenvalue weighted by Gasteiger charge is 2.25. The standard InChI is InChI=1S/C15H14ClN3O/c1-18-8-9-19(13-5-3-2-4-12(13)18)15(20)11-6-7-17-14(16)10-11/h2-7,10H,8-9H2,1H3. The lowest BCUT2D eigenvalue weighted by Crippen LogP contribution is -2.42. The van der Waals surface area contributed by atoms with E-state index < -0.39 is 0 Å². The van der Waals surface area contributed by atoms with Crippen LogP contribution in [0.4, 0.5) is 11.4 Å². The van der Waals surface area contributed by atoms with Crippen LogP contribution < -0.4 is 9.80 Å². The van der Waals surface area contributed by atoms with Gasteiger partial charge in [0.05, 0.1) is 11.4 Å². The van der Waals surface area contributed by atoms with Crippen LogP contribution in [0.25, 0.3) is 0 Å². The molecule has 2 aromatic rings. The predicted octanol–water partition coefficient (Wildman–Crippen LogP) is 2.83. The van der Waals surface area contributed by atoms with E-state index in [1.54, 1.807) is 23.2 Å². The number of anilines is 2.